The first-order valence-corrected chi connectivity index (χ1v) is 12.3. The van der Waals surface area contributed by atoms with Crippen molar-refractivity contribution in [2.45, 2.75) is 6.54 Å². The van der Waals surface area contributed by atoms with E-state index in [0.717, 1.165) is 50.3 Å². The first-order valence-electron chi connectivity index (χ1n) is 10.7. The minimum Gasteiger partial charge on any atom is -0.598 e. The molecule has 34 heavy (non-hydrogen) atoms. The fourth-order valence-electron chi connectivity index (χ4n) is 3.79. The molecule has 4 N–H and O–H groups in total. The van der Waals surface area contributed by atoms with E-state index in [4.69, 9.17) is 15.5 Å². The molecule has 7 nitrogen and oxygen atoms in total. The van der Waals surface area contributed by atoms with Gasteiger partial charge in [0.25, 0.3) is 0 Å². The fraction of sp³-hybridized carbons (Fsp3) is 0.0769. The second-order valence-corrected chi connectivity index (χ2v) is 8.99. The molecule has 3 aromatic carbocycles. The van der Waals surface area contributed by atoms with Gasteiger partial charge in [-0.25, -0.2) is 0 Å². The zero-order valence-electron chi connectivity index (χ0n) is 18.5. The van der Waals surface area contributed by atoms with Gasteiger partial charge in [0.15, 0.2) is 5.82 Å². The van der Waals surface area contributed by atoms with Crippen LogP contribution in [0.1, 0.15) is 5.56 Å². The van der Waals surface area contributed by atoms with Gasteiger partial charge in [-0.2, -0.15) is 5.10 Å². The van der Waals surface area contributed by atoms with Crippen LogP contribution in [0.5, 0.6) is 11.5 Å². The predicted molar refractivity (Wildman–Crippen MR) is 137 cm³/mol. The highest BCUT2D eigenvalue weighted by atomic mass is 32.2. The number of H-pyrrole nitrogens is 1. The lowest BCUT2D eigenvalue weighted by molar-refractivity contribution is 0.483. The van der Waals surface area contributed by atoms with Crippen molar-refractivity contribution in [1.29, 1.82) is 0 Å². The summed E-state index contributed by atoms with van der Waals surface area (Å²) >= 11 is -1.05. The number of hydrogen-bond acceptors (Lipinski definition) is 6. The van der Waals surface area contributed by atoms with Crippen LogP contribution in [0.25, 0.3) is 33.3 Å². The van der Waals surface area contributed by atoms with E-state index in [1.807, 2.05) is 85.1 Å². The van der Waals surface area contributed by atoms with E-state index in [1.165, 1.54) is 0 Å². The van der Waals surface area contributed by atoms with Crippen LogP contribution in [0.4, 0.5) is 5.82 Å². The SMILES string of the molecule is C[S+]([O-])NCc1ccc(-c2ncc(-c3ccc(Oc4ccccc4)cc3)c3c(N)n[nH]c23)cc1. The van der Waals surface area contributed by atoms with Gasteiger partial charge in [0.1, 0.15) is 17.8 Å². The first kappa shape index (κ1) is 22.0. The minimum atomic E-state index is -1.05. The van der Waals surface area contributed by atoms with Gasteiger partial charge in [-0.3, -0.25) is 10.1 Å². The zero-order valence-corrected chi connectivity index (χ0v) is 19.3. The molecule has 2 aromatic heterocycles. The van der Waals surface area contributed by atoms with Crippen molar-refractivity contribution in [1.82, 2.24) is 19.9 Å². The number of nitrogens with one attached hydrogen (secondary N) is 2. The number of aromatic amines is 1. The molecule has 8 heteroatoms. The number of anilines is 1. The third kappa shape index (κ3) is 4.60. The molecular formula is C26H23N5O2S. The van der Waals surface area contributed by atoms with Gasteiger partial charge < -0.3 is 15.0 Å². The first-order chi connectivity index (χ1) is 16.6. The van der Waals surface area contributed by atoms with Gasteiger partial charge in [-0.1, -0.05) is 54.6 Å². The van der Waals surface area contributed by atoms with Gasteiger partial charge in [0.2, 0.25) is 0 Å². The number of ether oxygens (including phenoxy) is 1. The van der Waals surface area contributed by atoms with Crippen LogP contribution in [-0.2, 0) is 17.9 Å². The third-order valence-electron chi connectivity index (χ3n) is 5.47. The van der Waals surface area contributed by atoms with Crippen molar-refractivity contribution in [2.24, 2.45) is 0 Å². The van der Waals surface area contributed by atoms with Crippen molar-refractivity contribution in [3.63, 3.8) is 0 Å². The minimum absolute atomic E-state index is 0.421. The summed E-state index contributed by atoms with van der Waals surface area (Å²) in [6, 6.07) is 25.4. The highest BCUT2D eigenvalue weighted by Crippen LogP contribution is 2.36. The molecule has 0 aliphatic rings. The molecule has 0 spiro atoms. The quantitative estimate of drug-likeness (QED) is 0.288. The Morgan fingerprint density at radius 2 is 1.62 bits per heavy atom. The molecule has 5 rings (SSSR count). The maximum atomic E-state index is 11.3. The number of aromatic nitrogens is 3. The van der Waals surface area contributed by atoms with E-state index in [-0.39, 0.29) is 0 Å². The van der Waals surface area contributed by atoms with E-state index >= 15 is 0 Å². The number of rotatable bonds is 7. The molecule has 0 bridgehead atoms. The van der Waals surface area contributed by atoms with Gasteiger partial charge in [0.05, 0.1) is 23.1 Å². The summed E-state index contributed by atoms with van der Waals surface area (Å²) in [5.74, 6) is 1.95. The van der Waals surface area contributed by atoms with Crippen molar-refractivity contribution in [3.05, 3.63) is 90.6 Å². The standard InChI is InChI=1S/C26H23N5O2S/c1-34(32)29-15-17-7-9-19(10-8-17)24-25-23(26(27)31-30-25)22(16-28-24)18-11-13-21(14-12-18)33-20-5-3-2-4-6-20/h2-14,16,29H,15H2,1H3,(H3,27,30,31). The Balaban J connectivity index is 1.45. The Labute approximate surface area is 200 Å². The summed E-state index contributed by atoms with van der Waals surface area (Å²) < 4.78 is 20.1. The molecule has 0 fully saturated rings. The van der Waals surface area contributed by atoms with Crippen LogP contribution in [0.3, 0.4) is 0 Å². The van der Waals surface area contributed by atoms with Crippen molar-refractivity contribution in [2.75, 3.05) is 12.0 Å². The number of hydrogen-bond donors (Lipinski definition) is 3. The average molecular weight is 470 g/mol. The Hall–Kier alpha value is -3.85. The lowest BCUT2D eigenvalue weighted by Crippen LogP contribution is -2.21. The van der Waals surface area contributed by atoms with Gasteiger partial charge in [-0.05, 0) is 35.4 Å². The lowest BCUT2D eigenvalue weighted by Gasteiger charge is -2.10. The van der Waals surface area contributed by atoms with Crippen molar-refractivity contribution >= 4 is 28.1 Å². The molecule has 0 saturated carbocycles. The van der Waals surface area contributed by atoms with Crippen LogP contribution in [0.15, 0.2) is 85.1 Å². The Kier molecular flexibility index (Phi) is 6.18. The van der Waals surface area contributed by atoms with E-state index < -0.39 is 11.4 Å². The molecule has 0 amide bonds. The Bertz CT molecular complexity index is 1400. The van der Waals surface area contributed by atoms with Gasteiger partial charge in [-0.15, -0.1) is 4.72 Å². The highest BCUT2D eigenvalue weighted by molar-refractivity contribution is 7.88. The molecular weight excluding hydrogens is 446 g/mol. The largest absolute Gasteiger partial charge is 0.598 e. The Morgan fingerprint density at radius 3 is 2.32 bits per heavy atom. The number of pyridine rings is 1. The van der Waals surface area contributed by atoms with E-state index in [9.17, 15) is 4.55 Å². The molecule has 2 heterocycles. The summed E-state index contributed by atoms with van der Waals surface area (Å²) in [6.07, 6.45) is 3.44. The predicted octanol–water partition coefficient (Wildman–Crippen LogP) is 5.05. The molecule has 0 radical (unpaired) electrons. The summed E-state index contributed by atoms with van der Waals surface area (Å²) in [5.41, 5.74) is 11.6. The average Bonchev–Trinajstić information content (AvgIpc) is 3.25. The number of para-hydroxylation sites is 1. The van der Waals surface area contributed by atoms with Crippen LogP contribution >= 0.6 is 0 Å². The normalized spacial score (nSPS) is 12.1. The smallest absolute Gasteiger partial charge is 0.153 e. The maximum absolute atomic E-state index is 11.3. The molecule has 170 valence electrons. The van der Waals surface area contributed by atoms with Gasteiger partial charge in [0, 0.05) is 28.7 Å². The second kappa shape index (κ2) is 9.56. The van der Waals surface area contributed by atoms with Crippen LogP contribution < -0.4 is 15.2 Å². The summed E-state index contributed by atoms with van der Waals surface area (Å²) in [5, 5.41) is 8.13. The molecule has 0 aliphatic heterocycles. The summed E-state index contributed by atoms with van der Waals surface area (Å²) in [6.45, 7) is 0.534. The Morgan fingerprint density at radius 1 is 0.941 bits per heavy atom. The third-order valence-corrected chi connectivity index (χ3v) is 6.03. The van der Waals surface area contributed by atoms with Crippen molar-refractivity contribution < 1.29 is 9.29 Å². The van der Waals surface area contributed by atoms with E-state index in [2.05, 4.69) is 14.9 Å². The van der Waals surface area contributed by atoms with E-state index in [1.54, 1.807) is 6.26 Å². The second-order valence-electron chi connectivity index (χ2n) is 7.79. The van der Waals surface area contributed by atoms with E-state index in [0.29, 0.717) is 12.4 Å². The number of nitrogen functional groups attached to an aromatic ring is 1. The molecule has 0 aliphatic carbocycles. The van der Waals surface area contributed by atoms with Crippen molar-refractivity contribution in [3.8, 4) is 33.9 Å². The topological polar surface area (TPSA) is 112 Å². The number of fused-ring (bicyclic) bond motifs is 1. The van der Waals surface area contributed by atoms with Gasteiger partial charge >= 0.3 is 0 Å². The summed E-state index contributed by atoms with van der Waals surface area (Å²) in [7, 11) is 0. The number of benzene rings is 3. The zero-order chi connectivity index (χ0) is 23.5. The monoisotopic (exact) mass is 469 g/mol. The highest BCUT2D eigenvalue weighted by Gasteiger charge is 2.16. The van der Waals surface area contributed by atoms with Crippen LogP contribution in [0, 0.1) is 0 Å². The van der Waals surface area contributed by atoms with Crippen LogP contribution in [0.2, 0.25) is 0 Å². The molecule has 5 aromatic rings. The number of nitrogens with two attached hydrogens (primary N) is 1. The lowest BCUT2D eigenvalue weighted by atomic mass is 10.0. The summed E-state index contributed by atoms with van der Waals surface area (Å²) in [4.78, 5) is 4.74. The molecule has 0 saturated heterocycles. The molecule has 1 atom stereocenters. The maximum Gasteiger partial charge on any atom is 0.153 e. The van der Waals surface area contributed by atoms with Crippen LogP contribution in [-0.4, -0.2) is 26.0 Å². The fourth-order valence-corrected chi connectivity index (χ4v) is 4.16. The number of nitrogens with zero attached hydrogens (tertiary/aromatic N) is 2. The molecule has 1 unspecified atom stereocenters.